The Kier molecular flexibility index (Phi) is 3.82. The lowest BCUT2D eigenvalue weighted by molar-refractivity contribution is 0.173. The number of rotatable bonds is 5. The van der Waals surface area contributed by atoms with Gasteiger partial charge in [-0.25, -0.2) is 0 Å². The quantitative estimate of drug-likeness (QED) is 0.772. The maximum absolute atomic E-state index is 5.78. The highest BCUT2D eigenvalue weighted by atomic mass is 16.7. The van der Waals surface area contributed by atoms with Crippen LogP contribution in [-0.4, -0.2) is 13.4 Å². The van der Waals surface area contributed by atoms with E-state index in [9.17, 15) is 0 Å². The fraction of sp³-hybridized carbons (Fsp3) is 0.222. The summed E-state index contributed by atoms with van der Waals surface area (Å²) in [6.45, 7) is 6.81. The Morgan fingerprint density at radius 3 is 2.57 bits per heavy atom. The molecule has 0 radical (unpaired) electrons. The Morgan fingerprint density at radius 1 is 1.19 bits per heavy atom. The predicted octanol–water partition coefficient (Wildman–Crippen LogP) is 4.13. The van der Waals surface area contributed by atoms with Crippen LogP contribution < -0.4 is 14.2 Å². The molecule has 2 aromatic rings. The van der Waals surface area contributed by atoms with Crippen molar-refractivity contribution in [3.8, 4) is 17.2 Å². The van der Waals surface area contributed by atoms with Crippen molar-refractivity contribution in [3.05, 3.63) is 66.2 Å². The van der Waals surface area contributed by atoms with E-state index in [0.29, 0.717) is 6.61 Å². The molecule has 1 aliphatic rings. The highest BCUT2D eigenvalue weighted by Gasteiger charge is 2.22. The van der Waals surface area contributed by atoms with E-state index in [1.807, 2.05) is 43.3 Å². The van der Waals surface area contributed by atoms with Gasteiger partial charge in [-0.2, -0.15) is 0 Å². The second-order valence-corrected chi connectivity index (χ2v) is 4.80. The molecule has 0 saturated heterocycles. The lowest BCUT2D eigenvalue weighted by Gasteiger charge is -2.18. The lowest BCUT2D eigenvalue weighted by Crippen LogP contribution is -2.03. The number of benzene rings is 2. The van der Waals surface area contributed by atoms with Gasteiger partial charge in [0.05, 0.1) is 6.61 Å². The fourth-order valence-corrected chi connectivity index (χ4v) is 2.57. The Labute approximate surface area is 124 Å². The molecule has 0 fully saturated rings. The number of hydrogen-bond acceptors (Lipinski definition) is 3. The van der Waals surface area contributed by atoms with Crippen molar-refractivity contribution >= 4 is 0 Å². The molecular weight excluding hydrogens is 264 g/mol. The molecule has 1 heterocycles. The van der Waals surface area contributed by atoms with Crippen LogP contribution in [0.5, 0.6) is 17.2 Å². The molecule has 0 aromatic heterocycles. The number of ether oxygens (including phenoxy) is 3. The first kappa shape index (κ1) is 13.6. The van der Waals surface area contributed by atoms with Crippen LogP contribution in [0.3, 0.4) is 0 Å². The van der Waals surface area contributed by atoms with Crippen LogP contribution in [0.1, 0.15) is 24.0 Å². The van der Waals surface area contributed by atoms with Crippen LogP contribution in [0.15, 0.2) is 55.1 Å². The summed E-state index contributed by atoms with van der Waals surface area (Å²) in [5.74, 6) is 2.37. The van der Waals surface area contributed by atoms with E-state index in [2.05, 4.69) is 18.7 Å². The van der Waals surface area contributed by atoms with Crippen molar-refractivity contribution < 1.29 is 14.2 Å². The molecule has 3 heteroatoms. The largest absolute Gasteiger partial charge is 0.493 e. The first-order valence-corrected chi connectivity index (χ1v) is 7.07. The predicted molar refractivity (Wildman–Crippen MR) is 82.2 cm³/mol. The third-order valence-electron chi connectivity index (χ3n) is 3.53. The normalized spacial score (nSPS) is 13.8. The van der Waals surface area contributed by atoms with Crippen LogP contribution in [0.25, 0.3) is 0 Å². The average molecular weight is 282 g/mol. The minimum absolute atomic E-state index is 0.0576. The molecule has 1 aliphatic heterocycles. The van der Waals surface area contributed by atoms with Gasteiger partial charge in [0.15, 0.2) is 11.5 Å². The van der Waals surface area contributed by atoms with Gasteiger partial charge in [0.2, 0.25) is 6.79 Å². The Bertz CT molecular complexity index is 634. The summed E-state index contributed by atoms with van der Waals surface area (Å²) in [4.78, 5) is 0. The topological polar surface area (TPSA) is 27.7 Å². The SMILES string of the molecule is C=C[C@H](c1ccccc1)c1cc2c(cc1OCC)OCO2. The van der Waals surface area contributed by atoms with E-state index in [0.717, 1.165) is 22.8 Å². The second-order valence-electron chi connectivity index (χ2n) is 4.80. The zero-order valence-electron chi connectivity index (χ0n) is 12.0. The Morgan fingerprint density at radius 2 is 1.90 bits per heavy atom. The van der Waals surface area contributed by atoms with Crippen LogP contribution in [0.2, 0.25) is 0 Å². The monoisotopic (exact) mass is 282 g/mol. The van der Waals surface area contributed by atoms with E-state index in [1.165, 1.54) is 5.56 Å². The number of hydrogen-bond donors (Lipinski definition) is 0. The number of allylic oxidation sites excluding steroid dienone is 1. The van der Waals surface area contributed by atoms with Crippen molar-refractivity contribution in [2.45, 2.75) is 12.8 Å². The maximum Gasteiger partial charge on any atom is 0.231 e. The van der Waals surface area contributed by atoms with E-state index in [-0.39, 0.29) is 12.7 Å². The van der Waals surface area contributed by atoms with Crippen molar-refractivity contribution in [2.75, 3.05) is 13.4 Å². The molecule has 108 valence electrons. The van der Waals surface area contributed by atoms with E-state index < -0.39 is 0 Å². The summed E-state index contributed by atoms with van der Waals surface area (Å²) in [6.07, 6.45) is 1.93. The number of fused-ring (bicyclic) bond motifs is 1. The van der Waals surface area contributed by atoms with Crippen LogP contribution in [0.4, 0.5) is 0 Å². The van der Waals surface area contributed by atoms with Gasteiger partial charge >= 0.3 is 0 Å². The van der Waals surface area contributed by atoms with Crippen molar-refractivity contribution in [3.63, 3.8) is 0 Å². The molecule has 0 bridgehead atoms. The van der Waals surface area contributed by atoms with Gasteiger partial charge in [0, 0.05) is 17.5 Å². The van der Waals surface area contributed by atoms with Gasteiger partial charge in [-0.3, -0.25) is 0 Å². The van der Waals surface area contributed by atoms with Crippen molar-refractivity contribution in [1.29, 1.82) is 0 Å². The van der Waals surface area contributed by atoms with Gasteiger partial charge in [0.1, 0.15) is 5.75 Å². The fourth-order valence-electron chi connectivity index (χ4n) is 2.57. The average Bonchev–Trinajstić information content (AvgIpc) is 2.97. The van der Waals surface area contributed by atoms with Gasteiger partial charge in [-0.05, 0) is 18.6 Å². The molecule has 21 heavy (non-hydrogen) atoms. The highest BCUT2D eigenvalue weighted by molar-refractivity contribution is 5.55. The maximum atomic E-state index is 5.78. The van der Waals surface area contributed by atoms with Gasteiger partial charge < -0.3 is 14.2 Å². The highest BCUT2D eigenvalue weighted by Crippen LogP contribution is 2.42. The van der Waals surface area contributed by atoms with E-state index >= 15 is 0 Å². The summed E-state index contributed by atoms with van der Waals surface area (Å²) >= 11 is 0. The van der Waals surface area contributed by atoms with Gasteiger partial charge in [-0.15, -0.1) is 6.58 Å². The molecule has 3 rings (SSSR count). The van der Waals surface area contributed by atoms with E-state index in [1.54, 1.807) is 0 Å². The molecule has 0 amide bonds. The van der Waals surface area contributed by atoms with Crippen molar-refractivity contribution in [2.24, 2.45) is 0 Å². The minimum Gasteiger partial charge on any atom is -0.493 e. The molecule has 0 unspecified atom stereocenters. The summed E-state index contributed by atoms with van der Waals surface area (Å²) in [5, 5.41) is 0. The molecule has 0 aliphatic carbocycles. The molecule has 0 saturated carbocycles. The first-order valence-electron chi connectivity index (χ1n) is 7.07. The standard InChI is InChI=1S/C18H18O3/c1-3-14(13-8-6-5-7-9-13)15-10-17-18(21-12-20-17)11-16(15)19-4-2/h3,5-11,14H,1,4,12H2,2H3/t14-/m1/s1. The molecule has 3 nitrogen and oxygen atoms in total. The third-order valence-corrected chi connectivity index (χ3v) is 3.53. The molecule has 2 aromatic carbocycles. The summed E-state index contributed by atoms with van der Waals surface area (Å²) < 4.78 is 16.7. The van der Waals surface area contributed by atoms with Gasteiger partial charge in [0.25, 0.3) is 0 Å². The zero-order valence-corrected chi connectivity index (χ0v) is 12.0. The van der Waals surface area contributed by atoms with Crippen LogP contribution in [-0.2, 0) is 0 Å². The summed E-state index contributed by atoms with van der Waals surface area (Å²) in [7, 11) is 0. The molecular formula is C18H18O3. The first-order chi connectivity index (χ1) is 10.3. The summed E-state index contributed by atoms with van der Waals surface area (Å²) in [5.41, 5.74) is 2.22. The third kappa shape index (κ3) is 2.59. The molecule has 0 spiro atoms. The minimum atomic E-state index is 0.0576. The smallest absolute Gasteiger partial charge is 0.231 e. The molecule has 0 N–H and O–H groups in total. The van der Waals surface area contributed by atoms with E-state index in [4.69, 9.17) is 14.2 Å². The Hall–Kier alpha value is -2.42. The molecule has 1 atom stereocenters. The second kappa shape index (κ2) is 5.92. The Balaban J connectivity index is 2.08. The summed E-state index contributed by atoms with van der Waals surface area (Å²) in [6, 6.07) is 14.1. The zero-order chi connectivity index (χ0) is 14.7. The van der Waals surface area contributed by atoms with Crippen molar-refractivity contribution in [1.82, 2.24) is 0 Å². The van der Waals surface area contributed by atoms with Crippen LogP contribution in [0, 0.1) is 0 Å². The van der Waals surface area contributed by atoms with Gasteiger partial charge in [-0.1, -0.05) is 36.4 Å². The van der Waals surface area contributed by atoms with Crippen LogP contribution >= 0.6 is 0 Å². The lowest BCUT2D eigenvalue weighted by atomic mass is 9.90.